The summed E-state index contributed by atoms with van der Waals surface area (Å²) in [6.07, 6.45) is 3.59. The zero-order valence-electron chi connectivity index (χ0n) is 9.60. The second-order valence-electron chi connectivity index (χ2n) is 4.46. The molecule has 2 heteroatoms. The fourth-order valence-electron chi connectivity index (χ4n) is 1.40. The lowest BCUT2D eigenvalue weighted by Gasteiger charge is -2.32. The van der Waals surface area contributed by atoms with E-state index in [0.29, 0.717) is 11.3 Å². The first kappa shape index (κ1) is 12.9. The Morgan fingerprint density at radius 1 is 1.31 bits per heavy atom. The smallest absolute Gasteiger partial charge is 0.0462 e. The molecule has 0 radical (unpaired) electrons. The molecule has 0 bridgehead atoms. The fraction of sp³-hybridized carbons (Fsp3) is 1.00. The molecule has 0 amide bonds. The van der Waals surface area contributed by atoms with Crippen molar-refractivity contribution < 1.29 is 4.74 Å². The first-order chi connectivity index (χ1) is 6.06. The fourth-order valence-corrected chi connectivity index (χ4v) is 1.40. The average molecular weight is 187 g/mol. The van der Waals surface area contributed by atoms with E-state index < -0.39 is 0 Å². The lowest BCUT2D eigenvalue weighted by Crippen LogP contribution is -2.32. The van der Waals surface area contributed by atoms with Gasteiger partial charge in [0.15, 0.2) is 0 Å². The Labute approximate surface area is 82.8 Å². The molecule has 0 aliphatic heterocycles. The lowest BCUT2D eigenvalue weighted by atomic mass is 9.75. The van der Waals surface area contributed by atoms with Crippen LogP contribution in [0.15, 0.2) is 0 Å². The van der Waals surface area contributed by atoms with Gasteiger partial charge in [-0.05, 0) is 30.7 Å². The predicted molar refractivity (Wildman–Crippen MR) is 57.7 cm³/mol. The van der Waals surface area contributed by atoms with Crippen LogP contribution in [0.3, 0.4) is 0 Å². The molecule has 0 aliphatic rings. The van der Waals surface area contributed by atoms with E-state index in [1.807, 2.05) is 0 Å². The molecule has 0 fully saturated rings. The Kier molecular flexibility index (Phi) is 6.35. The van der Waals surface area contributed by atoms with E-state index >= 15 is 0 Å². The van der Waals surface area contributed by atoms with Crippen molar-refractivity contribution in [3.8, 4) is 0 Å². The summed E-state index contributed by atoms with van der Waals surface area (Å²) >= 11 is 0. The molecule has 13 heavy (non-hydrogen) atoms. The highest BCUT2D eigenvalue weighted by molar-refractivity contribution is 4.78. The highest BCUT2D eigenvalue weighted by Gasteiger charge is 2.25. The van der Waals surface area contributed by atoms with E-state index in [2.05, 4.69) is 20.8 Å². The van der Waals surface area contributed by atoms with Crippen molar-refractivity contribution in [3.63, 3.8) is 0 Å². The lowest BCUT2D eigenvalue weighted by molar-refractivity contribution is 0.168. The van der Waals surface area contributed by atoms with Gasteiger partial charge in [-0.2, -0.15) is 0 Å². The van der Waals surface area contributed by atoms with E-state index in [9.17, 15) is 0 Å². The van der Waals surface area contributed by atoms with Gasteiger partial charge in [0, 0.05) is 13.7 Å². The summed E-state index contributed by atoms with van der Waals surface area (Å²) < 4.78 is 5.02. The molecule has 80 valence electrons. The van der Waals surface area contributed by atoms with Crippen molar-refractivity contribution in [2.45, 2.75) is 40.0 Å². The van der Waals surface area contributed by atoms with Crippen LogP contribution in [0.2, 0.25) is 0 Å². The van der Waals surface area contributed by atoms with Gasteiger partial charge < -0.3 is 10.5 Å². The quantitative estimate of drug-likeness (QED) is 0.621. The molecule has 0 saturated carbocycles. The summed E-state index contributed by atoms with van der Waals surface area (Å²) in [5, 5.41) is 0. The molecular weight excluding hydrogens is 162 g/mol. The third-order valence-electron chi connectivity index (χ3n) is 3.21. The molecule has 2 nitrogen and oxygen atoms in total. The standard InChI is InChI=1S/C11H25NO/c1-10(2)11(3,9-12)7-5-6-8-13-4/h10H,5-9,12H2,1-4H3. The van der Waals surface area contributed by atoms with Gasteiger partial charge in [0.25, 0.3) is 0 Å². The van der Waals surface area contributed by atoms with Crippen LogP contribution in [-0.2, 0) is 4.74 Å². The molecule has 2 N–H and O–H groups in total. The van der Waals surface area contributed by atoms with Gasteiger partial charge in [-0.25, -0.2) is 0 Å². The first-order valence-electron chi connectivity index (χ1n) is 5.26. The zero-order valence-corrected chi connectivity index (χ0v) is 9.60. The van der Waals surface area contributed by atoms with Crippen LogP contribution in [0.1, 0.15) is 40.0 Å². The predicted octanol–water partition coefficient (Wildman–Crippen LogP) is 2.42. The van der Waals surface area contributed by atoms with Crippen LogP contribution in [0.25, 0.3) is 0 Å². The Balaban J connectivity index is 3.71. The zero-order chi connectivity index (χ0) is 10.3. The molecule has 1 atom stereocenters. The van der Waals surface area contributed by atoms with Gasteiger partial charge in [0.2, 0.25) is 0 Å². The Morgan fingerprint density at radius 3 is 2.31 bits per heavy atom. The molecule has 0 heterocycles. The summed E-state index contributed by atoms with van der Waals surface area (Å²) in [6.45, 7) is 8.45. The number of hydrogen-bond acceptors (Lipinski definition) is 2. The maximum Gasteiger partial charge on any atom is 0.0462 e. The number of hydrogen-bond donors (Lipinski definition) is 1. The summed E-state index contributed by atoms with van der Waals surface area (Å²) in [6, 6.07) is 0. The molecule has 0 aliphatic carbocycles. The van der Waals surface area contributed by atoms with Crippen LogP contribution in [-0.4, -0.2) is 20.3 Å². The Bertz CT molecular complexity index is 125. The van der Waals surface area contributed by atoms with E-state index in [-0.39, 0.29) is 0 Å². The Hall–Kier alpha value is -0.0800. The number of methoxy groups -OCH3 is 1. The summed E-state index contributed by atoms with van der Waals surface area (Å²) in [7, 11) is 1.75. The minimum atomic E-state index is 0.313. The summed E-state index contributed by atoms with van der Waals surface area (Å²) in [5.74, 6) is 0.667. The van der Waals surface area contributed by atoms with Crippen molar-refractivity contribution in [2.24, 2.45) is 17.1 Å². The number of unbranched alkanes of at least 4 members (excludes halogenated alkanes) is 1. The second kappa shape index (κ2) is 6.39. The molecule has 0 aromatic heterocycles. The Morgan fingerprint density at radius 2 is 1.92 bits per heavy atom. The van der Waals surface area contributed by atoms with Crippen molar-refractivity contribution in [1.29, 1.82) is 0 Å². The van der Waals surface area contributed by atoms with Gasteiger partial charge in [0.05, 0.1) is 0 Å². The van der Waals surface area contributed by atoms with Gasteiger partial charge in [-0.3, -0.25) is 0 Å². The molecule has 0 aromatic rings. The van der Waals surface area contributed by atoms with E-state index in [1.165, 1.54) is 12.8 Å². The van der Waals surface area contributed by atoms with Crippen LogP contribution in [0.4, 0.5) is 0 Å². The normalized spacial score (nSPS) is 16.2. The summed E-state index contributed by atoms with van der Waals surface area (Å²) in [4.78, 5) is 0. The van der Waals surface area contributed by atoms with Crippen molar-refractivity contribution in [2.75, 3.05) is 20.3 Å². The third kappa shape index (κ3) is 4.63. The minimum absolute atomic E-state index is 0.313. The molecule has 0 rings (SSSR count). The SMILES string of the molecule is COCCCCC(C)(CN)C(C)C. The number of nitrogens with two attached hydrogens (primary N) is 1. The van der Waals surface area contributed by atoms with Gasteiger partial charge in [-0.1, -0.05) is 27.2 Å². The monoisotopic (exact) mass is 187 g/mol. The molecule has 0 saturated heterocycles. The maximum atomic E-state index is 5.79. The van der Waals surface area contributed by atoms with E-state index in [1.54, 1.807) is 7.11 Å². The summed E-state index contributed by atoms with van der Waals surface area (Å²) in [5.41, 5.74) is 6.10. The average Bonchev–Trinajstić information content (AvgIpc) is 2.12. The van der Waals surface area contributed by atoms with Crippen molar-refractivity contribution >= 4 is 0 Å². The number of ether oxygens (including phenoxy) is 1. The largest absolute Gasteiger partial charge is 0.385 e. The van der Waals surface area contributed by atoms with Crippen LogP contribution in [0, 0.1) is 11.3 Å². The minimum Gasteiger partial charge on any atom is -0.385 e. The first-order valence-corrected chi connectivity index (χ1v) is 5.26. The van der Waals surface area contributed by atoms with Gasteiger partial charge in [-0.15, -0.1) is 0 Å². The van der Waals surface area contributed by atoms with Crippen molar-refractivity contribution in [1.82, 2.24) is 0 Å². The highest BCUT2D eigenvalue weighted by Crippen LogP contribution is 2.31. The second-order valence-corrected chi connectivity index (χ2v) is 4.46. The van der Waals surface area contributed by atoms with E-state index in [0.717, 1.165) is 19.6 Å². The third-order valence-corrected chi connectivity index (χ3v) is 3.21. The molecule has 1 unspecified atom stereocenters. The van der Waals surface area contributed by atoms with Crippen LogP contribution < -0.4 is 5.73 Å². The van der Waals surface area contributed by atoms with Crippen molar-refractivity contribution in [3.05, 3.63) is 0 Å². The van der Waals surface area contributed by atoms with Gasteiger partial charge in [0.1, 0.15) is 0 Å². The topological polar surface area (TPSA) is 35.2 Å². The van der Waals surface area contributed by atoms with E-state index in [4.69, 9.17) is 10.5 Å². The molecule has 0 aromatic carbocycles. The van der Waals surface area contributed by atoms with Crippen LogP contribution in [0.5, 0.6) is 0 Å². The highest BCUT2D eigenvalue weighted by atomic mass is 16.5. The molecule has 0 spiro atoms. The van der Waals surface area contributed by atoms with Gasteiger partial charge >= 0.3 is 0 Å². The molecular formula is C11H25NO. The maximum absolute atomic E-state index is 5.79. The van der Waals surface area contributed by atoms with Crippen LogP contribution >= 0.6 is 0 Å². The number of rotatable bonds is 7.